The number of fused-ring (bicyclic) bond motifs is 1. The summed E-state index contributed by atoms with van der Waals surface area (Å²) in [6, 6.07) is 11.9. The number of amides is 1. The van der Waals surface area contributed by atoms with Gasteiger partial charge in [-0.15, -0.1) is 6.42 Å². The number of ether oxygens (including phenoxy) is 1. The Morgan fingerprint density at radius 2 is 1.97 bits per heavy atom. The van der Waals surface area contributed by atoms with Crippen molar-refractivity contribution >= 4 is 16.9 Å². The molecule has 0 radical (unpaired) electrons. The van der Waals surface area contributed by atoms with Gasteiger partial charge in [0.1, 0.15) is 17.5 Å². The number of hydrogen-bond acceptors (Lipinski definition) is 3. The molecule has 0 aliphatic carbocycles. The Balaban J connectivity index is 1.62. The van der Waals surface area contributed by atoms with Gasteiger partial charge in [0.2, 0.25) is 0 Å². The third-order valence-corrected chi connectivity index (χ3v) is 5.02. The molecule has 2 aromatic carbocycles. The van der Waals surface area contributed by atoms with Crippen LogP contribution >= 0.6 is 0 Å². The average molecular weight is 399 g/mol. The molecule has 1 atom stereocenters. The number of H-pyrrole nitrogens is 1. The lowest BCUT2D eigenvalue weighted by molar-refractivity contribution is 0.0233. The number of carbonyl (C=O) groups is 1. The summed E-state index contributed by atoms with van der Waals surface area (Å²) in [4.78, 5) is 22.3. The molecule has 1 aliphatic heterocycles. The predicted octanol–water partition coefficient (Wildman–Crippen LogP) is 5.45. The van der Waals surface area contributed by atoms with Gasteiger partial charge in [-0.25, -0.2) is 9.78 Å². The fourth-order valence-corrected chi connectivity index (χ4v) is 3.64. The second kappa shape index (κ2) is 7.38. The second-order valence-corrected chi connectivity index (χ2v) is 8.67. The topological polar surface area (TPSA) is 58.2 Å². The van der Waals surface area contributed by atoms with Crippen molar-refractivity contribution in [2.45, 2.75) is 39.3 Å². The van der Waals surface area contributed by atoms with E-state index in [1.165, 1.54) is 0 Å². The summed E-state index contributed by atoms with van der Waals surface area (Å²) in [6.07, 6.45) is 9.01. The Morgan fingerprint density at radius 3 is 2.70 bits per heavy atom. The highest BCUT2D eigenvalue weighted by Gasteiger charge is 2.33. The van der Waals surface area contributed by atoms with E-state index in [9.17, 15) is 4.79 Å². The number of benzene rings is 2. The van der Waals surface area contributed by atoms with E-state index in [2.05, 4.69) is 28.0 Å². The van der Waals surface area contributed by atoms with Crippen LogP contribution in [-0.2, 0) is 4.74 Å². The van der Waals surface area contributed by atoms with Crippen LogP contribution in [-0.4, -0.2) is 33.1 Å². The summed E-state index contributed by atoms with van der Waals surface area (Å²) in [5.74, 6) is 3.38. The van der Waals surface area contributed by atoms with Gasteiger partial charge >= 0.3 is 6.09 Å². The summed E-state index contributed by atoms with van der Waals surface area (Å²) < 4.78 is 5.58. The molecule has 30 heavy (non-hydrogen) atoms. The van der Waals surface area contributed by atoms with Gasteiger partial charge in [0, 0.05) is 17.7 Å². The number of terminal acetylenes is 1. The first-order valence-corrected chi connectivity index (χ1v) is 9.96. The van der Waals surface area contributed by atoms with Crippen LogP contribution < -0.4 is 0 Å². The van der Waals surface area contributed by atoms with Crippen molar-refractivity contribution in [3.8, 4) is 23.6 Å². The number of hydrogen-bond donors (Lipinski definition) is 1. The Labute approximate surface area is 176 Å². The monoisotopic (exact) mass is 399 g/mol. The van der Waals surface area contributed by atoms with Crippen molar-refractivity contribution in [2.24, 2.45) is 0 Å². The third kappa shape index (κ3) is 3.95. The van der Waals surface area contributed by atoms with Crippen LogP contribution in [0.1, 0.15) is 45.1 Å². The van der Waals surface area contributed by atoms with Crippen LogP contribution in [0.5, 0.6) is 0 Å². The van der Waals surface area contributed by atoms with Crippen LogP contribution in [0.25, 0.3) is 22.0 Å². The molecule has 5 nitrogen and oxygen atoms in total. The number of nitrogens with zero attached hydrogens (tertiary/aromatic N) is 2. The molecule has 1 amide bonds. The summed E-state index contributed by atoms with van der Waals surface area (Å²) in [6.45, 7) is 8.15. The van der Waals surface area contributed by atoms with Gasteiger partial charge in [0.05, 0.1) is 11.9 Å². The third-order valence-electron chi connectivity index (χ3n) is 5.02. The van der Waals surface area contributed by atoms with Gasteiger partial charge in [0.25, 0.3) is 0 Å². The largest absolute Gasteiger partial charge is 0.444 e. The molecule has 4 rings (SSSR count). The van der Waals surface area contributed by atoms with Gasteiger partial charge < -0.3 is 9.72 Å². The maximum Gasteiger partial charge on any atom is 0.411 e. The number of imidazole rings is 1. The number of aromatic amines is 1. The molecule has 0 spiro atoms. The second-order valence-electron chi connectivity index (χ2n) is 8.67. The van der Waals surface area contributed by atoms with Crippen molar-refractivity contribution in [3.63, 3.8) is 0 Å². The van der Waals surface area contributed by atoms with E-state index in [0.29, 0.717) is 6.54 Å². The first kappa shape index (κ1) is 19.8. The zero-order chi connectivity index (χ0) is 21.5. The SMILES string of the molecule is C#Cc1ccc2cc(-c3cnc(C4C=C(C)CN4C(=O)OC(C)(C)C)[nH]3)ccc2c1. The Hall–Kier alpha value is -3.52. The van der Waals surface area contributed by atoms with Crippen LogP contribution in [0, 0.1) is 12.3 Å². The number of rotatable bonds is 2. The first-order chi connectivity index (χ1) is 14.2. The highest BCUT2D eigenvalue weighted by Crippen LogP contribution is 2.32. The Kier molecular flexibility index (Phi) is 4.87. The van der Waals surface area contributed by atoms with E-state index in [0.717, 1.165) is 39.0 Å². The van der Waals surface area contributed by atoms with Crippen molar-refractivity contribution in [2.75, 3.05) is 6.54 Å². The van der Waals surface area contributed by atoms with E-state index < -0.39 is 5.60 Å². The Bertz CT molecular complexity index is 1190. The molecule has 152 valence electrons. The molecule has 5 heteroatoms. The summed E-state index contributed by atoms with van der Waals surface area (Å²) >= 11 is 0. The summed E-state index contributed by atoms with van der Waals surface area (Å²) in [5.41, 5.74) is 3.35. The molecule has 0 fully saturated rings. The zero-order valence-corrected chi connectivity index (χ0v) is 17.7. The van der Waals surface area contributed by atoms with Gasteiger partial charge in [-0.2, -0.15) is 0 Å². The van der Waals surface area contributed by atoms with Crippen molar-refractivity contribution < 1.29 is 9.53 Å². The molecule has 0 bridgehead atoms. The minimum Gasteiger partial charge on any atom is -0.444 e. The molecule has 3 aromatic rings. The molecule has 0 saturated heterocycles. The molecule has 1 N–H and O–H groups in total. The molecule has 1 unspecified atom stereocenters. The minimum absolute atomic E-state index is 0.271. The van der Waals surface area contributed by atoms with Crippen molar-refractivity contribution in [1.82, 2.24) is 14.9 Å². The number of carbonyl (C=O) groups excluding carboxylic acids is 1. The molecule has 1 aliphatic rings. The standard InChI is InChI=1S/C25H25N3O2/c1-6-17-7-8-19-13-20(10-9-18(19)12-17)21-14-26-23(27-21)22-11-16(2)15-28(22)24(29)30-25(3,4)5/h1,7-14,22H,15H2,2-5H3,(H,26,27). The highest BCUT2D eigenvalue weighted by atomic mass is 16.6. The highest BCUT2D eigenvalue weighted by molar-refractivity contribution is 5.87. The van der Waals surface area contributed by atoms with Gasteiger partial charge in [-0.1, -0.05) is 35.8 Å². The van der Waals surface area contributed by atoms with Crippen LogP contribution in [0.4, 0.5) is 4.79 Å². The van der Waals surface area contributed by atoms with Gasteiger partial charge in [-0.3, -0.25) is 4.90 Å². The van der Waals surface area contributed by atoms with E-state index in [-0.39, 0.29) is 12.1 Å². The number of aromatic nitrogens is 2. The van der Waals surface area contributed by atoms with E-state index >= 15 is 0 Å². The van der Waals surface area contributed by atoms with Crippen LogP contribution in [0.15, 0.2) is 54.2 Å². The van der Waals surface area contributed by atoms with Gasteiger partial charge in [-0.05, 0) is 56.7 Å². The smallest absolute Gasteiger partial charge is 0.411 e. The summed E-state index contributed by atoms with van der Waals surface area (Å²) in [7, 11) is 0. The molecule has 1 aromatic heterocycles. The quantitative estimate of drug-likeness (QED) is 0.460. The number of nitrogens with one attached hydrogen (secondary N) is 1. The molecule has 2 heterocycles. The molecular formula is C25H25N3O2. The fraction of sp³-hybridized carbons (Fsp3) is 0.280. The maximum atomic E-state index is 12.7. The minimum atomic E-state index is -0.545. The van der Waals surface area contributed by atoms with E-state index in [4.69, 9.17) is 11.2 Å². The average Bonchev–Trinajstić information content (AvgIpc) is 3.32. The van der Waals surface area contributed by atoms with E-state index in [1.54, 1.807) is 11.1 Å². The maximum absolute atomic E-state index is 12.7. The fourth-order valence-electron chi connectivity index (χ4n) is 3.64. The first-order valence-electron chi connectivity index (χ1n) is 9.96. The van der Waals surface area contributed by atoms with Gasteiger partial charge in [0.15, 0.2) is 0 Å². The lowest BCUT2D eigenvalue weighted by Gasteiger charge is -2.27. The lowest BCUT2D eigenvalue weighted by Crippen LogP contribution is -2.37. The molecule has 0 saturated carbocycles. The lowest BCUT2D eigenvalue weighted by atomic mass is 10.0. The van der Waals surface area contributed by atoms with Crippen LogP contribution in [0.3, 0.4) is 0 Å². The zero-order valence-electron chi connectivity index (χ0n) is 17.7. The van der Waals surface area contributed by atoms with E-state index in [1.807, 2.05) is 58.0 Å². The van der Waals surface area contributed by atoms with Crippen molar-refractivity contribution in [3.05, 3.63) is 65.6 Å². The van der Waals surface area contributed by atoms with Crippen LogP contribution in [0.2, 0.25) is 0 Å². The predicted molar refractivity (Wildman–Crippen MR) is 119 cm³/mol. The summed E-state index contributed by atoms with van der Waals surface area (Å²) in [5, 5.41) is 2.20. The Morgan fingerprint density at radius 1 is 1.23 bits per heavy atom. The normalized spacial score (nSPS) is 16.4. The van der Waals surface area contributed by atoms with Crippen molar-refractivity contribution in [1.29, 1.82) is 0 Å². The molecular weight excluding hydrogens is 374 g/mol.